The summed E-state index contributed by atoms with van der Waals surface area (Å²) in [5, 5.41) is 9.23. The molecule has 4 nitrogen and oxygen atoms in total. The lowest BCUT2D eigenvalue weighted by Gasteiger charge is -2.32. The number of rotatable bonds is 2. The van der Waals surface area contributed by atoms with Crippen molar-refractivity contribution in [1.82, 2.24) is 5.12 Å². The summed E-state index contributed by atoms with van der Waals surface area (Å²) in [5.41, 5.74) is 0. The van der Waals surface area contributed by atoms with Crippen molar-refractivity contribution < 1.29 is 23.5 Å². The molecule has 0 spiro atoms. The number of nitrogens with zero attached hydrogens (tertiary/aromatic N) is 1. The Morgan fingerprint density at radius 3 is 2.93 bits per heavy atom. The van der Waals surface area contributed by atoms with Crippen molar-refractivity contribution in [3.05, 3.63) is 0 Å². The second-order valence-corrected chi connectivity index (χ2v) is 3.13. The first kappa shape index (κ1) is 11.3. The van der Waals surface area contributed by atoms with Gasteiger partial charge in [0.15, 0.2) is 6.30 Å². The first-order valence-corrected chi connectivity index (χ1v) is 4.49. The molecule has 1 fully saturated rings. The van der Waals surface area contributed by atoms with E-state index in [2.05, 4.69) is 4.74 Å². The van der Waals surface area contributed by atoms with E-state index in [-0.39, 0.29) is 24.7 Å². The van der Waals surface area contributed by atoms with E-state index in [9.17, 15) is 18.8 Å². The Labute approximate surface area is 80.4 Å². The third-order valence-electron chi connectivity index (χ3n) is 2.18. The molecular formula is C8H13F2NO3. The van der Waals surface area contributed by atoms with Crippen LogP contribution >= 0.6 is 0 Å². The highest BCUT2D eigenvalue weighted by molar-refractivity contribution is 5.73. The number of piperidine rings is 1. The smallest absolute Gasteiger partial charge is 0.316 e. The Kier molecular flexibility index (Phi) is 3.77. The lowest BCUT2D eigenvalue weighted by atomic mass is 9.95. The van der Waals surface area contributed by atoms with Crippen LogP contribution in [0.15, 0.2) is 0 Å². The Balaban J connectivity index is 2.66. The van der Waals surface area contributed by atoms with Gasteiger partial charge >= 0.3 is 5.97 Å². The van der Waals surface area contributed by atoms with Gasteiger partial charge in [-0.15, -0.1) is 9.60 Å². The molecule has 82 valence electrons. The maximum Gasteiger partial charge on any atom is 0.316 e. The van der Waals surface area contributed by atoms with E-state index < -0.39 is 24.3 Å². The number of halogens is 2. The van der Waals surface area contributed by atoms with E-state index in [4.69, 9.17) is 0 Å². The number of alkyl halides is 1. The number of esters is 1. The number of ether oxygens (including phenoxy) is 1. The predicted molar refractivity (Wildman–Crippen MR) is 43.5 cm³/mol. The number of hydrogen-bond acceptors (Lipinski definition) is 4. The molecule has 0 amide bonds. The zero-order valence-electron chi connectivity index (χ0n) is 7.82. The second kappa shape index (κ2) is 4.65. The van der Waals surface area contributed by atoms with Crippen LogP contribution in [0, 0.1) is 5.92 Å². The molecule has 14 heavy (non-hydrogen) atoms. The van der Waals surface area contributed by atoms with Gasteiger partial charge in [-0.3, -0.25) is 4.79 Å². The molecule has 1 aliphatic rings. The zero-order chi connectivity index (χ0) is 10.7. The van der Waals surface area contributed by atoms with Gasteiger partial charge in [0.2, 0.25) is 0 Å². The summed E-state index contributed by atoms with van der Waals surface area (Å²) in [4.78, 5) is 11.1. The van der Waals surface area contributed by atoms with Crippen molar-refractivity contribution in [3.8, 4) is 0 Å². The summed E-state index contributed by atoms with van der Waals surface area (Å²) in [6.07, 6.45) is -3.26. The number of hydrogen-bond donors (Lipinski definition) is 1. The van der Waals surface area contributed by atoms with Crippen LogP contribution in [0.4, 0.5) is 8.87 Å². The summed E-state index contributed by atoms with van der Waals surface area (Å²) in [5.74, 6) is -2.33. The number of aliphatic hydroxyl groups excluding tert-OH is 1. The summed E-state index contributed by atoms with van der Waals surface area (Å²) in [7, 11) is 0. The van der Waals surface area contributed by atoms with Crippen molar-refractivity contribution in [2.24, 2.45) is 5.92 Å². The van der Waals surface area contributed by atoms with E-state index in [1.807, 2.05) is 0 Å². The van der Waals surface area contributed by atoms with Gasteiger partial charge in [0.1, 0.15) is 5.92 Å². The largest absolute Gasteiger partial charge is 0.466 e. The first-order valence-electron chi connectivity index (χ1n) is 4.49. The van der Waals surface area contributed by atoms with Crippen molar-refractivity contribution >= 4 is 5.97 Å². The molecule has 0 radical (unpaired) electrons. The Bertz CT molecular complexity index is 215. The van der Waals surface area contributed by atoms with Gasteiger partial charge in [0.05, 0.1) is 12.7 Å². The topological polar surface area (TPSA) is 49.8 Å². The van der Waals surface area contributed by atoms with Gasteiger partial charge in [-0.25, -0.2) is 4.39 Å². The lowest BCUT2D eigenvalue weighted by Crippen LogP contribution is -2.49. The molecule has 1 heterocycles. The number of carbonyl (C=O) groups excluding carboxylic acids is 1. The fourth-order valence-corrected chi connectivity index (χ4v) is 1.42. The van der Waals surface area contributed by atoms with E-state index in [0.29, 0.717) is 0 Å². The van der Waals surface area contributed by atoms with E-state index in [0.717, 1.165) is 0 Å². The Morgan fingerprint density at radius 2 is 2.36 bits per heavy atom. The van der Waals surface area contributed by atoms with Gasteiger partial charge in [-0.2, -0.15) is 0 Å². The van der Waals surface area contributed by atoms with Crippen LogP contribution in [0.5, 0.6) is 0 Å². The molecule has 0 aromatic heterocycles. The molecule has 1 saturated heterocycles. The van der Waals surface area contributed by atoms with Crippen LogP contribution in [0.25, 0.3) is 0 Å². The molecule has 3 atom stereocenters. The number of carbonyl (C=O) groups is 1. The molecule has 0 bridgehead atoms. The average molecular weight is 209 g/mol. The molecule has 0 saturated carbocycles. The van der Waals surface area contributed by atoms with Gasteiger partial charge in [0, 0.05) is 6.54 Å². The van der Waals surface area contributed by atoms with Crippen LogP contribution in [-0.4, -0.2) is 41.7 Å². The van der Waals surface area contributed by atoms with Crippen LogP contribution in [0.3, 0.4) is 0 Å². The van der Waals surface area contributed by atoms with Crippen molar-refractivity contribution in [3.63, 3.8) is 0 Å². The standard InChI is InChI=1S/C8H13F2NO3/c1-2-14-8(13)6-5(12)3-4-11(10)7(6)9/h5-7,12H,2-4H2,1H3. The highest BCUT2D eigenvalue weighted by Gasteiger charge is 2.43. The van der Waals surface area contributed by atoms with Crippen LogP contribution < -0.4 is 0 Å². The molecule has 1 aliphatic heterocycles. The highest BCUT2D eigenvalue weighted by Crippen LogP contribution is 2.26. The molecule has 6 heteroatoms. The van der Waals surface area contributed by atoms with Crippen LogP contribution in [0.1, 0.15) is 13.3 Å². The van der Waals surface area contributed by atoms with E-state index >= 15 is 0 Å². The first-order chi connectivity index (χ1) is 6.57. The summed E-state index contributed by atoms with van der Waals surface area (Å²) in [6.45, 7) is 1.44. The molecule has 0 aliphatic carbocycles. The van der Waals surface area contributed by atoms with Gasteiger partial charge < -0.3 is 9.84 Å². The molecule has 1 N–H and O–H groups in total. The van der Waals surface area contributed by atoms with Gasteiger partial charge in [0.25, 0.3) is 0 Å². The quantitative estimate of drug-likeness (QED) is 0.406. The maximum absolute atomic E-state index is 13.2. The van der Waals surface area contributed by atoms with Crippen LogP contribution in [0.2, 0.25) is 0 Å². The monoisotopic (exact) mass is 209 g/mol. The summed E-state index contributed by atoms with van der Waals surface area (Å²) in [6, 6.07) is 0. The predicted octanol–water partition coefficient (Wildman–Crippen LogP) is 0.412. The second-order valence-electron chi connectivity index (χ2n) is 3.13. The highest BCUT2D eigenvalue weighted by atomic mass is 19.2. The van der Waals surface area contributed by atoms with Gasteiger partial charge in [-0.1, -0.05) is 0 Å². The minimum atomic E-state index is -2.11. The summed E-state index contributed by atoms with van der Waals surface area (Å²) >= 11 is 0. The average Bonchev–Trinajstić information content (AvgIpc) is 2.13. The minimum absolute atomic E-state index is 0.0282. The van der Waals surface area contributed by atoms with Crippen LogP contribution in [-0.2, 0) is 9.53 Å². The molecular weight excluding hydrogens is 196 g/mol. The SMILES string of the molecule is CCOC(=O)C1C(O)CCN(F)C1F. The van der Waals surface area contributed by atoms with Crippen molar-refractivity contribution in [1.29, 1.82) is 0 Å². The Morgan fingerprint density at radius 1 is 1.71 bits per heavy atom. The summed E-state index contributed by atoms with van der Waals surface area (Å²) < 4.78 is 30.4. The molecule has 0 aromatic rings. The van der Waals surface area contributed by atoms with E-state index in [1.165, 1.54) is 0 Å². The van der Waals surface area contributed by atoms with Crippen molar-refractivity contribution in [2.45, 2.75) is 25.7 Å². The van der Waals surface area contributed by atoms with Gasteiger partial charge in [-0.05, 0) is 13.3 Å². The molecule has 0 aromatic carbocycles. The fourth-order valence-electron chi connectivity index (χ4n) is 1.42. The molecule has 3 unspecified atom stereocenters. The minimum Gasteiger partial charge on any atom is -0.466 e. The lowest BCUT2D eigenvalue weighted by molar-refractivity contribution is -0.189. The number of aliphatic hydroxyl groups is 1. The van der Waals surface area contributed by atoms with Crippen molar-refractivity contribution in [2.75, 3.05) is 13.2 Å². The third-order valence-corrected chi connectivity index (χ3v) is 2.18. The van der Waals surface area contributed by atoms with E-state index in [1.54, 1.807) is 6.92 Å². The maximum atomic E-state index is 13.2. The Hall–Kier alpha value is -0.750. The zero-order valence-corrected chi connectivity index (χ0v) is 7.82. The fraction of sp³-hybridized carbons (Fsp3) is 0.875. The third kappa shape index (κ3) is 2.19. The normalized spacial score (nSPS) is 34.1. The molecule has 1 rings (SSSR count).